The third-order valence-corrected chi connectivity index (χ3v) is 3.71. The van der Waals surface area contributed by atoms with E-state index in [-0.39, 0.29) is 5.56 Å². The molecule has 3 rings (SSSR count). The van der Waals surface area contributed by atoms with Crippen LogP contribution in [0.15, 0.2) is 66.9 Å². The molecule has 1 amide bonds. The lowest BCUT2D eigenvalue weighted by molar-refractivity contribution is -0.116. The molecule has 1 heterocycles. The van der Waals surface area contributed by atoms with Gasteiger partial charge in [0.1, 0.15) is 11.9 Å². The minimum Gasteiger partial charge on any atom is -0.333 e. The number of para-hydroxylation sites is 1. The highest BCUT2D eigenvalue weighted by Gasteiger charge is 2.16. The summed E-state index contributed by atoms with van der Waals surface area (Å²) in [6.45, 7) is 0. The predicted octanol–water partition coefficient (Wildman–Crippen LogP) is 3.77. The minimum atomic E-state index is -1.05. The molecule has 1 atom stereocenters. The summed E-state index contributed by atoms with van der Waals surface area (Å²) in [5.74, 6) is -1.01. The Hall–Kier alpha value is -3.52. The van der Waals surface area contributed by atoms with Crippen LogP contribution < -0.4 is 5.32 Å². The molecule has 0 aliphatic carbocycles. The SMILES string of the molecule is N#CC(NC(=O)/C=C/c1cccc2cccnc12)c1ccccc1F. The van der Waals surface area contributed by atoms with Crippen LogP contribution in [-0.2, 0) is 4.79 Å². The minimum absolute atomic E-state index is 0.138. The molecule has 1 N–H and O–H groups in total. The van der Waals surface area contributed by atoms with Gasteiger partial charge in [0.2, 0.25) is 5.91 Å². The van der Waals surface area contributed by atoms with Crippen molar-refractivity contribution in [2.24, 2.45) is 0 Å². The normalized spacial score (nSPS) is 12.0. The first-order chi connectivity index (χ1) is 12.2. The second-order valence-electron chi connectivity index (χ2n) is 5.35. The van der Waals surface area contributed by atoms with Gasteiger partial charge in [0, 0.05) is 28.8 Å². The highest BCUT2D eigenvalue weighted by atomic mass is 19.1. The average molecular weight is 331 g/mol. The van der Waals surface area contributed by atoms with Crippen LogP contribution in [0.5, 0.6) is 0 Å². The molecule has 3 aromatic rings. The molecule has 2 aromatic carbocycles. The molecule has 25 heavy (non-hydrogen) atoms. The van der Waals surface area contributed by atoms with Crippen LogP contribution in [-0.4, -0.2) is 10.9 Å². The third kappa shape index (κ3) is 3.70. The van der Waals surface area contributed by atoms with Gasteiger partial charge in [-0.25, -0.2) is 4.39 Å². The summed E-state index contributed by atoms with van der Waals surface area (Å²) in [6, 6.07) is 16.2. The molecule has 4 nitrogen and oxygen atoms in total. The van der Waals surface area contributed by atoms with E-state index in [0.29, 0.717) is 0 Å². The van der Waals surface area contributed by atoms with Gasteiger partial charge in [-0.05, 0) is 18.2 Å². The van der Waals surface area contributed by atoms with Gasteiger partial charge >= 0.3 is 0 Å². The van der Waals surface area contributed by atoms with Gasteiger partial charge < -0.3 is 5.32 Å². The molecule has 0 radical (unpaired) electrons. The van der Waals surface area contributed by atoms with E-state index in [1.54, 1.807) is 18.3 Å². The molecule has 1 unspecified atom stereocenters. The van der Waals surface area contributed by atoms with E-state index in [0.717, 1.165) is 16.5 Å². The number of pyridine rings is 1. The second kappa shape index (κ2) is 7.37. The summed E-state index contributed by atoms with van der Waals surface area (Å²) in [5, 5.41) is 12.7. The average Bonchev–Trinajstić information content (AvgIpc) is 2.65. The number of hydrogen-bond donors (Lipinski definition) is 1. The van der Waals surface area contributed by atoms with Crippen molar-refractivity contribution in [1.29, 1.82) is 5.26 Å². The summed E-state index contributed by atoms with van der Waals surface area (Å²) < 4.78 is 13.8. The monoisotopic (exact) mass is 331 g/mol. The molecule has 5 heteroatoms. The van der Waals surface area contributed by atoms with Crippen LogP contribution in [0.2, 0.25) is 0 Å². The van der Waals surface area contributed by atoms with E-state index >= 15 is 0 Å². The summed E-state index contributed by atoms with van der Waals surface area (Å²) in [5.41, 5.74) is 1.70. The molecule has 122 valence electrons. The summed E-state index contributed by atoms with van der Waals surface area (Å²) in [4.78, 5) is 16.4. The number of hydrogen-bond acceptors (Lipinski definition) is 3. The molecule has 0 saturated heterocycles. The molecule has 0 bridgehead atoms. The predicted molar refractivity (Wildman–Crippen MR) is 93.7 cm³/mol. The van der Waals surface area contributed by atoms with E-state index in [9.17, 15) is 14.4 Å². The Kier molecular flexibility index (Phi) is 4.82. The molecule has 0 aliphatic heterocycles. The van der Waals surface area contributed by atoms with Gasteiger partial charge in [0.05, 0.1) is 11.6 Å². The number of rotatable bonds is 4. The van der Waals surface area contributed by atoms with Crippen molar-refractivity contribution >= 4 is 22.9 Å². The van der Waals surface area contributed by atoms with Crippen molar-refractivity contribution in [2.45, 2.75) is 6.04 Å². The highest BCUT2D eigenvalue weighted by Crippen LogP contribution is 2.18. The third-order valence-electron chi connectivity index (χ3n) is 3.71. The van der Waals surface area contributed by atoms with Crippen LogP contribution in [0.3, 0.4) is 0 Å². The number of carbonyl (C=O) groups is 1. The van der Waals surface area contributed by atoms with Crippen molar-refractivity contribution in [3.05, 3.63) is 83.8 Å². The summed E-state index contributed by atoms with van der Waals surface area (Å²) in [7, 11) is 0. The molecular weight excluding hydrogens is 317 g/mol. The number of amides is 1. The number of nitrogens with zero attached hydrogens (tertiary/aromatic N) is 2. The number of carbonyl (C=O) groups excluding carboxylic acids is 1. The number of halogens is 1. The Labute approximate surface area is 144 Å². The molecule has 0 saturated carbocycles. The fourth-order valence-electron chi connectivity index (χ4n) is 2.51. The Morgan fingerprint density at radius 2 is 1.96 bits per heavy atom. The quantitative estimate of drug-likeness (QED) is 0.740. The van der Waals surface area contributed by atoms with Crippen LogP contribution in [0.4, 0.5) is 4.39 Å². The number of benzene rings is 2. The van der Waals surface area contributed by atoms with Crippen molar-refractivity contribution in [1.82, 2.24) is 10.3 Å². The zero-order chi connectivity index (χ0) is 17.6. The molecule has 1 aromatic heterocycles. The lowest BCUT2D eigenvalue weighted by atomic mass is 10.1. The Bertz CT molecular complexity index is 986. The second-order valence-corrected chi connectivity index (χ2v) is 5.35. The fraction of sp³-hybridized carbons (Fsp3) is 0.0500. The summed E-state index contributed by atoms with van der Waals surface area (Å²) in [6.07, 6.45) is 4.62. The summed E-state index contributed by atoms with van der Waals surface area (Å²) >= 11 is 0. The Morgan fingerprint density at radius 3 is 2.76 bits per heavy atom. The molecular formula is C20H14FN3O. The van der Waals surface area contributed by atoms with Crippen molar-refractivity contribution in [3.63, 3.8) is 0 Å². The Morgan fingerprint density at radius 1 is 1.16 bits per heavy atom. The lowest BCUT2D eigenvalue weighted by Crippen LogP contribution is -2.26. The number of nitrogens with one attached hydrogen (secondary N) is 1. The molecule has 0 fully saturated rings. The van der Waals surface area contributed by atoms with E-state index in [1.165, 1.54) is 24.3 Å². The maximum absolute atomic E-state index is 13.8. The first kappa shape index (κ1) is 16.3. The fourth-order valence-corrected chi connectivity index (χ4v) is 2.51. The van der Waals surface area contributed by atoms with E-state index in [4.69, 9.17) is 0 Å². The maximum Gasteiger partial charge on any atom is 0.245 e. The van der Waals surface area contributed by atoms with Crippen molar-refractivity contribution < 1.29 is 9.18 Å². The van der Waals surface area contributed by atoms with Crippen LogP contribution in [0.1, 0.15) is 17.2 Å². The highest BCUT2D eigenvalue weighted by molar-refractivity contribution is 5.95. The Balaban J connectivity index is 1.79. The van der Waals surface area contributed by atoms with Crippen LogP contribution in [0.25, 0.3) is 17.0 Å². The van der Waals surface area contributed by atoms with Gasteiger partial charge in [-0.15, -0.1) is 0 Å². The van der Waals surface area contributed by atoms with Gasteiger partial charge in [-0.2, -0.15) is 5.26 Å². The van der Waals surface area contributed by atoms with Crippen molar-refractivity contribution in [3.8, 4) is 6.07 Å². The number of fused-ring (bicyclic) bond motifs is 1. The maximum atomic E-state index is 13.8. The largest absolute Gasteiger partial charge is 0.333 e. The van der Waals surface area contributed by atoms with Gasteiger partial charge in [-0.1, -0.05) is 42.5 Å². The smallest absolute Gasteiger partial charge is 0.245 e. The van der Waals surface area contributed by atoms with Gasteiger partial charge in [-0.3, -0.25) is 9.78 Å². The first-order valence-corrected chi connectivity index (χ1v) is 7.65. The number of aromatic nitrogens is 1. The van der Waals surface area contributed by atoms with E-state index in [2.05, 4.69) is 10.3 Å². The van der Waals surface area contributed by atoms with E-state index in [1.807, 2.05) is 36.4 Å². The van der Waals surface area contributed by atoms with Crippen LogP contribution in [0, 0.1) is 17.1 Å². The number of nitriles is 1. The van der Waals surface area contributed by atoms with Gasteiger partial charge in [0.25, 0.3) is 0 Å². The standard InChI is InChI=1S/C20H14FN3O/c21-17-9-2-1-8-16(17)18(13-22)24-19(25)11-10-15-6-3-5-14-7-4-12-23-20(14)15/h1-12,18H,(H,24,25)/b11-10+. The van der Waals surface area contributed by atoms with Crippen LogP contribution >= 0.6 is 0 Å². The molecule has 0 aliphatic rings. The van der Waals surface area contributed by atoms with Gasteiger partial charge in [0.15, 0.2) is 0 Å². The van der Waals surface area contributed by atoms with Crippen molar-refractivity contribution in [2.75, 3.05) is 0 Å². The molecule has 0 spiro atoms. The first-order valence-electron chi connectivity index (χ1n) is 7.65. The zero-order valence-corrected chi connectivity index (χ0v) is 13.2. The van der Waals surface area contributed by atoms with E-state index < -0.39 is 17.8 Å². The zero-order valence-electron chi connectivity index (χ0n) is 13.2. The topological polar surface area (TPSA) is 65.8 Å². The lowest BCUT2D eigenvalue weighted by Gasteiger charge is -2.11.